The second kappa shape index (κ2) is 7.00. The molecule has 0 saturated carbocycles. The van der Waals surface area contributed by atoms with E-state index in [0.717, 1.165) is 39.5 Å². The van der Waals surface area contributed by atoms with Crippen LogP contribution in [-0.4, -0.2) is 43.6 Å². The van der Waals surface area contributed by atoms with Crippen LogP contribution in [0.15, 0.2) is 41.2 Å². The lowest BCUT2D eigenvalue weighted by molar-refractivity contribution is 0.173. The van der Waals surface area contributed by atoms with Gasteiger partial charge in [0.05, 0.1) is 23.9 Å². The quantitative estimate of drug-likeness (QED) is 0.674. The number of thiocarbonyl (C=S) groups is 1. The Hall–Kier alpha value is -2.19. The van der Waals surface area contributed by atoms with Crippen LogP contribution < -0.4 is 5.56 Å². The van der Waals surface area contributed by atoms with Crippen molar-refractivity contribution < 1.29 is 5.11 Å². The molecule has 28 heavy (non-hydrogen) atoms. The first-order valence-electron chi connectivity index (χ1n) is 9.34. The first-order valence-corrected chi connectivity index (χ1v) is 10.6. The third-order valence-electron chi connectivity index (χ3n) is 5.31. The molecule has 0 unspecified atom stereocenters. The summed E-state index contributed by atoms with van der Waals surface area (Å²) in [5, 5.41) is 9.89. The van der Waals surface area contributed by atoms with E-state index >= 15 is 0 Å². The maximum atomic E-state index is 13.5. The Morgan fingerprint density at radius 3 is 2.82 bits per heavy atom. The first-order chi connectivity index (χ1) is 13.6. The summed E-state index contributed by atoms with van der Waals surface area (Å²) in [5.41, 5.74) is 2.62. The van der Waals surface area contributed by atoms with Crippen molar-refractivity contribution in [3.63, 3.8) is 0 Å². The van der Waals surface area contributed by atoms with Gasteiger partial charge in [0.25, 0.3) is 5.56 Å². The third kappa shape index (κ3) is 3.04. The van der Waals surface area contributed by atoms with Crippen LogP contribution in [0.25, 0.3) is 22.0 Å². The van der Waals surface area contributed by atoms with E-state index in [1.807, 2.05) is 42.5 Å². The van der Waals surface area contributed by atoms with Gasteiger partial charge in [0.2, 0.25) is 0 Å². The molecule has 1 aromatic carbocycles. The summed E-state index contributed by atoms with van der Waals surface area (Å²) in [7, 11) is 0. The van der Waals surface area contributed by atoms with Crippen molar-refractivity contribution in [1.82, 2.24) is 14.5 Å². The van der Waals surface area contributed by atoms with E-state index in [4.69, 9.17) is 17.2 Å². The number of aromatic nitrogens is 2. The van der Waals surface area contributed by atoms with Crippen LogP contribution in [0.3, 0.4) is 0 Å². The molecular weight excluding hydrogens is 390 g/mol. The van der Waals surface area contributed by atoms with Gasteiger partial charge in [-0.15, -0.1) is 11.3 Å². The van der Waals surface area contributed by atoms with Gasteiger partial charge >= 0.3 is 0 Å². The van der Waals surface area contributed by atoms with Crippen LogP contribution >= 0.6 is 23.6 Å². The monoisotopic (exact) mass is 409 g/mol. The average molecular weight is 410 g/mol. The fraction of sp³-hybridized carbons (Fsp3) is 0.286. The molecular formula is C21H19N3O2S2. The van der Waals surface area contributed by atoms with Gasteiger partial charge in [0.15, 0.2) is 0 Å². The normalized spacial score (nSPS) is 19.5. The molecule has 1 fully saturated rings. The molecule has 3 heterocycles. The first kappa shape index (κ1) is 17.9. The number of para-hydroxylation sites is 1. The predicted octanol–water partition coefficient (Wildman–Crippen LogP) is 2.95. The van der Waals surface area contributed by atoms with E-state index in [0.29, 0.717) is 30.0 Å². The van der Waals surface area contributed by atoms with Crippen molar-refractivity contribution in [1.29, 1.82) is 0 Å². The second-order valence-electron chi connectivity index (χ2n) is 7.28. The molecule has 5 rings (SSSR count). The summed E-state index contributed by atoms with van der Waals surface area (Å²) in [6, 6.07) is 9.65. The summed E-state index contributed by atoms with van der Waals surface area (Å²) in [6.45, 7) is 1.94. The minimum absolute atomic E-state index is 0.0373. The Morgan fingerprint density at radius 2 is 2.07 bits per heavy atom. The summed E-state index contributed by atoms with van der Waals surface area (Å²) in [5.74, 6) is 0.707. The molecule has 2 aromatic heterocycles. The number of aliphatic hydroxyl groups excluding tert-OH is 1. The SMILES string of the molecule is O=c1c2sc3c(c2nc(CN2CC[C@H](O)C2)n1-c1ccccc1)CC(=S)C=C3. The Labute approximate surface area is 171 Å². The molecule has 0 spiro atoms. The highest BCUT2D eigenvalue weighted by atomic mass is 32.1. The topological polar surface area (TPSA) is 58.4 Å². The maximum absolute atomic E-state index is 13.5. The lowest BCUT2D eigenvalue weighted by atomic mass is 10.0. The Kier molecular flexibility index (Phi) is 4.47. The third-order valence-corrected chi connectivity index (χ3v) is 6.76. The molecule has 3 aromatic rings. The Morgan fingerprint density at radius 1 is 1.25 bits per heavy atom. The van der Waals surface area contributed by atoms with Gasteiger partial charge in [0, 0.05) is 34.8 Å². The van der Waals surface area contributed by atoms with E-state index in [-0.39, 0.29) is 11.7 Å². The molecule has 5 nitrogen and oxygen atoms in total. The van der Waals surface area contributed by atoms with E-state index in [2.05, 4.69) is 4.90 Å². The zero-order valence-electron chi connectivity index (χ0n) is 15.2. The van der Waals surface area contributed by atoms with Crippen LogP contribution in [0.1, 0.15) is 22.7 Å². The molecule has 1 aliphatic heterocycles. The summed E-state index contributed by atoms with van der Waals surface area (Å²) in [4.78, 5) is 22.6. The summed E-state index contributed by atoms with van der Waals surface area (Å²) >= 11 is 6.87. The number of allylic oxidation sites excluding steroid dienone is 1. The molecule has 1 saturated heterocycles. The number of hydrogen-bond acceptors (Lipinski definition) is 6. The van der Waals surface area contributed by atoms with Crippen LogP contribution in [0.5, 0.6) is 0 Å². The largest absolute Gasteiger partial charge is 0.392 e. The van der Waals surface area contributed by atoms with E-state index in [9.17, 15) is 9.90 Å². The molecule has 1 N–H and O–H groups in total. The van der Waals surface area contributed by atoms with Crippen LogP contribution in [0.2, 0.25) is 0 Å². The van der Waals surface area contributed by atoms with Crippen molar-refractivity contribution in [3.05, 3.63) is 63.0 Å². The number of aliphatic hydroxyl groups is 1. The highest BCUT2D eigenvalue weighted by molar-refractivity contribution is 7.80. The Balaban J connectivity index is 1.72. The van der Waals surface area contributed by atoms with Crippen molar-refractivity contribution >= 4 is 44.7 Å². The van der Waals surface area contributed by atoms with Crippen molar-refractivity contribution in [2.75, 3.05) is 13.1 Å². The molecule has 1 aliphatic carbocycles. The molecule has 0 amide bonds. The fourth-order valence-electron chi connectivity index (χ4n) is 3.95. The average Bonchev–Trinajstić information content (AvgIpc) is 3.26. The zero-order valence-corrected chi connectivity index (χ0v) is 16.8. The zero-order chi connectivity index (χ0) is 19.3. The lowest BCUT2D eigenvalue weighted by Crippen LogP contribution is -2.29. The van der Waals surface area contributed by atoms with Gasteiger partial charge < -0.3 is 5.11 Å². The van der Waals surface area contributed by atoms with E-state index in [1.165, 1.54) is 11.3 Å². The van der Waals surface area contributed by atoms with Crippen molar-refractivity contribution in [3.8, 4) is 5.69 Å². The highest BCUT2D eigenvalue weighted by Crippen LogP contribution is 2.33. The number of thiophene rings is 1. The maximum Gasteiger partial charge on any atom is 0.276 e. The minimum Gasteiger partial charge on any atom is -0.392 e. The fourth-order valence-corrected chi connectivity index (χ4v) is 5.25. The number of β-amino-alcohol motifs (C(OH)–C–C–N with tert-alkyl or cyclic N) is 1. The molecule has 7 heteroatoms. The van der Waals surface area contributed by atoms with Gasteiger partial charge in [-0.25, -0.2) is 4.98 Å². The van der Waals surface area contributed by atoms with Gasteiger partial charge in [-0.3, -0.25) is 14.3 Å². The van der Waals surface area contributed by atoms with Gasteiger partial charge in [-0.05, 0) is 30.7 Å². The number of benzene rings is 1. The standard InChI is InChI=1S/C21H19N3O2S2/c25-14-8-9-23(11-14)12-18-22-19-16-10-15(27)6-7-17(16)28-20(19)21(26)24(18)13-4-2-1-3-5-13/h1-7,14,25H,8-12H2/t14-/m0/s1. The number of hydrogen-bond donors (Lipinski definition) is 1. The molecule has 142 valence electrons. The van der Waals surface area contributed by atoms with E-state index < -0.39 is 0 Å². The smallest absolute Gasteiger partial charge is 0.276 e. The summed E-state index contributed by atoms with van der Waals surface area (Å²) < 4.78 is 2.39. The van der Waals surface area contributed by atoms with Crippen molar-refractivity contribution in [2.45, 2.75) is 25.5 Å². The predicted molar refractivity (Wildman–Crippen MR) is 116 cm³/mol. The van der Waals surface area contributed by atoms with Crippen LogP contribution in [-0.2, 0) is 13.0 Å². The highest BCUT2D eigenvalue weighted by Gasteiger charge is 2.25. The number of fused-ring (bicyclic) bond motifs is 3. The van der Waals surface area contributed by atoms with Crippen LogP contribution in [0.4, 0.5) is 0 Å². The van der Waals surface area contributed by atoms with Gasteiger partial charge in [-0.2, -0.15) is 0 Å². The minimum atomic E-state index is -0.308. The lowest BCUT2D eigenvalue weighted by Gasteiger charge is -2.18. The Bertz CT molecular complexity index is 1160. The molecule has 0 bridgehead atoms. The molecule has 1 atom stereocenters. The van der Waals surface area contributed by atoms with Crippen LogP contribution in [0, 0.1) is 0 Å². The number of nitrogens with zero attached hydrogens (tertiary/aromatic N) is 3. The van der Waals surface area contributed by atoms with Gasteiger partial charge in [0.1, 0.15) is 10.5 Å². The number of likely N-dealkylation sites (tertiary alicyclic amines) is 1. The van der Waals surface area contributed by atoms with Gasteiger partial charge in [-0.1, -0.05) is 30.4 Å². The molecule has 2 aliphatic rings. The summed E-state index contributed by atoms with van der Waals surface area (Å²) in [6.07, 6.45) is 5.04. The number of rotatable bonds is 3. The van der Waals surface area contributed by atoms with E-state index in [1.54, 1.807) is 4.57 Å². The molecule has 0 radical (unpaired) electrons. The van der Waals surface area contributed by atoms with Crippen molar-refractivity contribution in [2.24, 2.45) is 0 Å². The second-order valence-corrected chi connectivity index (χ2v) is 8.86.